The molecule has 2 N–H and O–H groups in total. The van der Waals surface area contributed by atoms with Gasteiger partial charge < -0.3 is 15.1 Å². The molecule has 2 amide bonds. The van der Waals surface area contributed by atoms with Gasteiger partial charge in [-0.25, -0.2) is 0 Å². The maximum absolute atomic E-state index is 14.1. The van der Waals surface area contributed by atoms with Gasteiger partial charge in [0.1, 0.15) is 6.04 Å². The van der Waals surface area contributed by atoms with Gasteiger partial charge in [-0.05, 0) is 77.3 Å². The first-order valence-corrected chi connectivity index (χ1v) is 22.3. The van der Waals surface area contributed by atoms with Crippen LogP contribution in [-0.2, 0) is 9.59 Å². The highest BCUT2D eigenvalue weighted by Gasteiger charge is 2.30. The predicted molar refractivity (Wildman–Crippen MR) is 226 cm³/mol. The minimum absolute atomic E-state index is 0.0556. The summed E-state index contributed by atoms with van der Waals surface area (Å²) >= 11 is 0. The molecule has 1 rings (SSSR count). The molecule has 0 aliphatic heterocycles. The van der Waals surface area contributed by atoms with Gasteiger partial charge >= 0.3 is 0 Å². The van der Waals surface area contributed by atoms with Crippen molar-refractivity contribution in [1.82, 2.24) is 15.1 Å². The molecule has 6 nitrogen and oxygen atoms in total. The van der Waals surface area contributed by atoms with Gasteiger partial charge in [0.05, 0.1) is 5.84 Å². The van der Waals surface area contributed by atoms with Crippen molar-refractivity contribution in [1.29, 1.82) is 5.41 Å². The summed E-state index contributed by atoms with van der Waals surface area (Å²) in [7, 11) is 0. The van der Waals surface area contributed by atoms with Crippen molar-refractivity contribution in [2.24, 2.45) is 0 Å². The molecule has 6 heteroatoms. The van der Waals surface area contributed by atoms with Gasteiger partial charge in [-0.15, -0.1) is 0 Å². The van der Waals surface area contributed by atoms with Crippen LogP contribution in [-0.4, -0.2) is 52.6 Å². The number of amides is 2. The Bertz CT molecular complexity index is 952. The fraction of sp³-hybridized carbons (Fsp3) is 0.804. The van der Waals surface area contributed by atoms with Crippen molar-refractivity contribution in [3.63, 3.8) is 0 Å². The molecule has 1 aliphatic rings. The van der Waals surface area contributed by atoms with Gasteiger partial charge in [-0.2, -0.15) is 0 Å². The molecule has 0 aromatic heterocycles. The van der Waals surface area contributed by atoms with E-state index in [9.17, 15) is 9.59 Å². The van der Waals surface area contributed by atoms with Crippen molar-refractivity contribution in [3.05, 3.63) is 37.1 Å². The molecule has 0 radical (unpaired) electrons. The van der Waals surface area contributed by atoms with Gasteiger partial charge in [-0.1, -0.05) is 167 Å². The van der Waals surface area contributed by atoms with Crippen molar-refractivity contribution < 1.29 is 9.59 Å². The van der Waals surface area contributed by atoms with Gasteiger partial charge in [0.2, 0.25) is 11.8 Å². The average Bonchev–Trinajstić information content (AvgIpc) is 3.41. The molecule has 1 aliphatic carbocycles. The quantitative estimate of drug-likeness (QED) is 0.0233. The third kappa shape index (κ3) is 25.6. The van der Waals surface area contributed by atoms with Crippen LogP contribution in [0.15, 0.2) is 37.1 Å². The minimum Gasteiger partial charge on any atom is -0.352 e. The summed E-state index contributed by atoms with van der Waals surface area (Å²) in [5, 5.41) is 11.5. The molecule has 1 atom stereocenters. The predicted octanol–water partition coefficient (Wildman–Crippen LogP) is 13.0. The number of hydrogen-bond donors (Lipinski definition) is 2. The van der Waals surface area contributed by atoms with Gasteiger partial charge in [0, 0.05) is 25.6 Å². The van der Waals surface area contributed by atoms with Gasteiger partial charge in [0.15, 0.2) is 0 Å². The van der Waals surface area contributed by atoms with E-state index >= 15 is 0 Å². The topological polar surface area (TPSA) is 76.5 Å². The summed E-state index contributed by atoms with van der Waals surface area (Å²) in [5.41, 5.74) is 0. The van der Waals surface area contributed by atoms with Crippen LogP contribution in [0.2, 0.25) is 0 Å². The number of rotatable bonds is 33. The standard InChI is InChI=1S/C46H84N4O2/c1-5-8-10-12-14-16-18-19-20-21-22-24-26-28-34-39-45(51)50(41-35-40-49(7-3)42(4)47)44(46(52)48-43-36-31-29-30-32-37-43)38-33-27-25-23-17-15-13-11-9-6-2/h7,14,16,19-20,43-44,47H,3,5-6,8-13,15,17-18,21-41H2,1-2,4H3,(H,48,52)/b16-14-,20-19-,47-42?. The number of hydrogen-bond acceptors (Lipinski definition) is 3. The number of allylic oxidation sites excluding steroid dienone is 4. The van der Waals surface area contributed by atoms with Crippen LogP contribution >= 0.6 is 0 Å². The zero-order valence-electron chi connectivity index (χ0n) is 34.6. The lowest BCUT2D eigenvalue weighted by molar-refractivity contribution is -0.141. The maximum atomic E-state index is 14.1. The monoisotopic (exact) mass is 725 g/mol. The molecule has 0 heterocycles. The molecule has 0 bridgehead atoms. The van der Waals surface area contributed by atoms with E-state index in [1.165, 1.54) is 116 Å². The normalized spacial score (nSPS) is 14.4. The number of nitrogens with zero attached hydrogens (tertiary/aromatic N) is 2. The summed E-state index contributed by atoms with van der Waals surface area (Å²) in [5.74, 6) is 0.626. The summed E-state index contributed by atoms with van der Waals surface area (Å²) in [6.07, 6.45) is 45.1. The van der Waals surface area contributed by atoms with Gasteiger partial charge in [0.25, 0.3) is 0 Å². The zero-order valence-corrected chi connectivity index (χ0v) is 34.6. The van der Waals surface area contributed by atoms with Crippen molar-refractivity contribution in [2.75, 3.05) is 13.1 Å². The highest BCUT2D eigenvalue weighted by Crippen LogP contribution is 2.21. The van der Waals surface area contributed by atoms with Crippen LogP contribution < -0.4 is 5.32 Å². The van der Waals surface area contributed by atoms with E-state index in [0.717, 1.165) is 64.2 Å². The zero-order chi connectivity index (χ0) is 37.9. The number of carbonyl (C=O) groups is 2. The van der Waals surface area contributed by atoms with E-state index in [1.807, 2.05) is 9.80 Å². The molecule has 1 saturated carbocycles. The number of unbranched alkanes of at least 4 members (excludes halogenated alkanes) is 17. The molecule has 52 heavy (non-hydrogen) atoms. The van der Waals surface area contributed by atoms with Crippen molar-refractivity contribution in [2.45, 2.75) is 225 Å². The van der Waals surface area contributed by atoms with E-state index < -0.39 is 6.04 Å². The molecule has 1 unspecified atom stereocenters. The Morgan fingerprint density at radius 2 is 1.21 bits per heavy atom. The highest BCUT2D eigenvalue weighted by molar-refractivity contribution is 5.88. The van der Waals surface area contributed by atoms with Crippen molar-refractivity contribution in [3.8, 4) is 0 Å². The minimum atomic E-state index is -0.416. The molecule has 0 aromatic rings. The molecule has 300 valence electrons. The molecule has 0 aromatic carbocycles. The Labute approximate surface area is 322 Å². The first-order chi connectivity index (χ1) is 25.4. The lowest BCUT2D eigenvalue weighted by atomic mass is 10.0. The Kier molecular flexibility index (Phi) is 31.5. The molecule has 0 spiro atoms. The van der Waals surface area contributed by atoms with E-state index in [-0.39, 0.29) is 17.9 Å². The number of amidine groups is 1. The highest BCUT2D eigenvalue weighted by atomic mass is 16.2. The summed E-state index contributed by atoms with van der Waals surface area (Å²) in [6, 6.07) is -0.193. The van der Waals surface area contributed by atoms with E-state index in [4.69, 9.17) is 5.41 Å². The largest absolute Gasteiger partial charge is 0.352 e. The second kappa shape index (κ2) is 34.4. The van der Waals surface area contributed by atoms with Crippen LogP contribution in [0.25, 0.3) is 0 Å². The Morgan fingerprint density at radius 3 is 1.79 bits per heavy atom. The Morgan fingerprint density at radius 1 is 0.692 bits per heavy atom. The van der Waals surface area contributed by atoms with Gasteiger partial charge in [-0.3, -0.25) is 15.0 Å². The first-order valence-electron chi connectivity index (χ1n) is 22.3. The fourth-order valence-corrected chi connectivity index (χ4v) is 7.47. The first kappa shape index (κ1) is 47.7. The third-order valence-corrected chi connectivity index (χ3v) is 10.8. The van der Waals surface area contributed by atoms with E-state index in [2.05, 4.69) is 50.0 Å². The lowest BCUT2D eigenvalue weighted by Crippen LogP contribution is -2.52. The fourth-order valence-electron chi connectivity index (χ4n) is 7.47. The number of nitrogens with one attached hydrogen (secondary N) is 2. The third-order valence-electron chi connectivity index (χ3n) is 10.8. The Balaban J connectivity index is 2.74. The smallest absolute Gasteiger partial charge is 0.243 e. The molecule has 0 saturated heterocycles. The van der Waals surface area contributed by atoms with Crippen LogP contribution in [0.1, 0.15) is 213 Å². The van der Waals surface area contributed by atoms with Crippen molar-refractivity contribution >= 4 is 17.6 Å². The van der Waals surface area contributed by atoms with Crippen LogP contribution in [0.3, 0.4) is 0 Å². The van der Waals surface area contributed by atoms with E-state index in [0.29, 0.717) is 31.8 Å². The Hall–Kier alpha value is -2.37. The summed E-state index contributed by atoms with van der Waals surface area (Å²) in [4.78, 5) is 31.8. The lowest BCUT2D eigenvalue weighted by Gasteiger charge is -2.33. The summed E-state index contributed by atoms with van der Waals surface area (Å²) in [6.45, 7) is 11.3. The molecule has 1 fully saturated rings. The van der Waals surface area contributed by atoms with Crippen LogP contribution in [0, 0.1) is 5.41 Å². The second-order valence-corrected chi connectivity index (χ2v) is 15.6. The van der Waals surface area contributed by atoms with Crippen LogP contribution in [0.5, 0.6) is 0 Å². The van der Waals surface area contributed by atoms with E-state index in [1.54, 1.807) is 13.1 Å². The number of carbonyl (C=O) groups excluding carboxylic acids is 2. The second-order valence-electron chi connectivity index (χ2n) is 15.6. The SMILES string of the molecule is C=CN(CCCN(C(=O)CCCCCCC/C=C\C/C=C\CCCCC)C(CCCCCCCCCCCC)C(=O)NC1CCCCCC1)C(C)=N. The van der Waals surface area contributed by atoms with Crippen LogP contribution in [0.4, 0.5) is 0 Å². The average molecular weight is 725 g/mol. The summed E-state index contributed by atoms with van der Waals surface area (Å²) < 4.78 is 0. The molecular weight excluding hydrogens is 641 g/mol. The maximum Gasteiger partial charge on any atom is 0.243 e. The molecular formula is C46H84N4O2.